The summed E-state index contributed by atoms with van der Waals surface area (Å²) >= 11 is 0. The average molecular weight is 462 g/mol. The molecule has 180 valence electrons. The van der Waals surface area contributed by atoms with Gasteiger partial charge in [0.05, 0.1) is 21.3 Å². The molecule has 1 N–H and O–H groups in total. The average Bonchev–Trinajstić information content (AvgIpc) is 3.26. The highest BCUT2D eigenvalue weighted by atomic mass is 28.3. The lowest BCUT2D eigenvalue weighted by atomic mass is 9.99. The van der Waals surface area contributed by atoms with Crippen LogP contribution in [0.4, 0.5) is 5.69 Å². The van der Waals surface area contributed by atoms with Crippen molar-refractivity contribution in [2.45, 2.75) is 89.9 Å². The summed E-state index contributed by atoms with van der Waals surface area (Å²) in [6.07, 6.45) is 8.01. The van der Waals surface area contributed by atoms with Crippen LogP contribution in [0.5, 0.6) is 0 Å². The van der Waals surface area contributed by atoms with Crippen molar-refractivity contribution in [2.24, 2.45) is 5.92 Å². The Morgan fingerprint density at radius 1 is 0.938 bits per heavy atom. The van der Waals surface area contributed by atoms with Gasteiger partial charge in [0.1, 0.15) is 0 Å². The van der Waals surface area contributed by atoms with E-state index in [1.165, 1.54) is 44.2 Å². The highest BCUT2D eigenvalue weighted by molar-refractivity contribution is 6.80. The minimum Gasteiger partial charge on any atom is -0.465 e. The topological polar surface area (TPSA) is 64.6 Å². The molecule has 1 aliphatic heterocycles. The van der Waals surface area contributed by atoms with E-state index in [1.54, 1.807) is 25.9 Å². The van der Waals surface area contributed by atoms with Crippen molar-refractivity contribution in [3.8, 4) is 0 Å². The molecule has 0 saturated carbocycles. The van der Waals surface area contributed by atoms with Gasteiger partial charge >= 0.3 is 11.9 Å². The van der Waals surface area contributed by atoms with E-state index in [2.05, 4.69) is 36.5 Å². The predicted octanol–water partition coefficient (Wildman–Crippen LogP) is 6.21. The van der Waals surface area contributed by atoms with Gasteiger partial charge in [0.25, 0.3) is 0 Å². The van der Waals surface area contributed by atoms with Crippen molar-refractivity contribution in [1.29, 1.82) is 0 Å². The van der Waals surface area contributed by atoms with Crippen molar-refractivity contribution in [1.82, 2.24) is 0 Å². The van der Waals surface area contributed by atoms with Crippen LogP contribution >= 0.6 is 0 Å². The van der Waals surface area contributed by atoms with Gasteiger partial charge in [-0.1, -0.05) is 68.9 Å². The monoisotopic (exact) mass is 461 g/mol. The molecule has 1 aromatic rings. The third-order valence-electron chi connectivity index (χ3n) is 6.76. The van der Waals surface area contributed by atoms with E-state index in [0.29, 0.717) is 12.8 Å². The smallest absolute Gasteiger partial charge is 0.320 e. The Bertz CT molecular complexity index is 668. The van der Waals surface area contributed by atoms with Crippen LogP contribution in [0, 0.1) is 5.92 Å². The minimum atomic E-state index is -0.968. The van der Waals surface area contributed by atoms with Gasteiger partial charge < -0.3 is 14.8 Å². The van der Waals surface area contributed by atoms with Crippen LogP contribution in [-0.4, -0.2) is 39.8 Å². The zero-order chi connectivity index (χ0) is 23.2. The quantitative estimate of drug-likeness (QED) is 0.146. The van der Waals surface area contributed by atoms with Crippen molar-refractivity contribution in [2.75, 3.05) is 25.1 Å². The lowest BCUT2D eigenvalue weighted by Gasteiger charge is -2.26. The molecule has 0 unspecified atom stereocenters. The normalized spacial score (nSPS) is 15.0. The molecular weight excluding hydrogens is 418 g/mol. The predicted molar refractivity (Wildman–Crippen MR) is 134 cm³/mol. The van der Waals surface area contributed by atoms with Crippen molar-refractivity contribution in [3.05, 3.63) is 29.8 Å². The molecule has 1 aliphatic rings. The first-order valence-electron chi connectivity index (χ1n) is 12.7. The van der Waals surface area contributed by atoms with Gasteiger partial charge in [-0.2, -0.15) is 0 Å². The fourth-order valence-corrected chi connectivity index (χ4v) is 10.4. The first kappa shape index (κ1) is 26.4. The third-order valence-corrected chi connectivity index (χ3v) is 12.4. The third kappa shape index (κ3) is 8.61. The molecule has 0 atom stereocenters. The Hall–Kier alpha value is -1.82. The lowest BCUT2D eigenvalue weighted by Crippen LogP contribution is -2.30. The van der Waals surface area contributed by atoms with Gasteiger partial charge in [0, 0.05) is 12.2 Å². The van der Waals surface area contributed by atoms with Crippen molar-refractivity contribution >= 4 is 25.7 Å². The zero-order valence-corrected chi connectivity index (χ0v) is 21.4. The highest BCUT2D eigenvalue weighted by Gasteiger charge is 2.34. The molecule has 0 radical (unpaired) electrons. The number of unbranched alkanes of at least 4 members (excludes halogenated alkanes) is 1. The Labute approximate surface area is 195 Å². The van der Waals surface area contributed by atoms with E-state index in [-0.39, 0.29) is 13.2 Å². The van der Waals surface area contributed by atoms with E-state index >= 15 is 0 Å². The number of benzene rings is 1. The fourth-order valence-electron chi connectivity index (χ4n) is 4.92. The number of rotatable bonds is 15. The molecule has 32 heavy (non-hydrogen) atoms. The van der Waals surface area contributed by atoms with Gasteiger partial charge in [0.15, 0.2) is 5.92 Å². The Morgan fingerprint density at radius 3 is 2.09 bits per heavy atom. The van der Waals surface area contributed by atoms with Crippen molar-refractivity contribution < 1.29 is 19.1 Å². The van der Waals surface area contributed by atoms with Crippen LogP contribution in [0.3, 0.4) is 0 Å². The number of carbonyl (C=O) groups is 2. The van der Waals surface area contributed by atoms with Gasteiger partial charge in [-0.15, -0.1) is 0 Å². The van der Waals surface area contributed by atoms with Crippen LogP contribution < -0.4 is 5.32 Å². The van der Waals surface area contributed by atoms with Crippen LogP contribution in [0.2, 0.25) is 24.2 Å². The second-order valence-electron chi connectivity index (χ2n) is 9.13. The summed E-state index contributed by atoms with van der Waals surface area (Å²) in [6, 6.07) is 14.5. The second-order valence-corrected chi connectivity index (χ2v) is 14.1. The van der Waals surface area contributed by atoms with E-state index < -0.39 is 25.9 Å². The van der Waals surface area contributed by atoms with Gasteiger partial charge in [-0.3, -0.25) is 9.59 Å². The number of esters is 2. The molecule has 0 spiro atoms. The zero-order valence-electron chi connectivity index (χ0n) is 20.4. The lowest BCUT2D eigenvalue weighted by molar-refractivity contribution is -0.161. The van der Waals surface area contributed by atoms with Gasteiger partial charge in [0.2, 0.25) is 0 Å². The number of hydrogen-bond acceptors (Lipinski definition) is 5. The first-order valence-corrected chi connectivity index (χ1v) is 15.5. The standard InChI is InChI=1S/C26H43NO4Si/c1-4-7-18-32(19-8-9-20-32)21-10-17-27-23-14-11-22(12-15-23)13-16-24(25(28)30-5-2)26(29)31-6-3/h11-12,14-15,24,27H,4-10,13,16-21H2,1-3H3. The maximum absolute atomic E-state index is 12.1. The number of carbonyl (C=O) groups excluding carboxylic acids is 2. The van der Waals surface area contributed by atoms with Gasteiger partial charge in [-0.25, -0.2) is 0 Å². The Kier molecular flexibility index (Phi) is 11.9. The highest BCUT2D eigenvalue weighted by Crippen LogP contribution is 2.38. The summed E-state index contributed by atoms with van der Waals surface area (Å²) < 4.78 is 10.1. The summed E-state index contributed by atoms with van der Waals surface area (Å²) in [7, 11) is -0.968. The van der Waals surface area contributed by atoms with Crippen LogP contribution in [0.15, 0.2) is 24.3 Å². The Morgan fingerprint density at radius 2 is 1.53 bits per heavy atom. The van der Waals surface area contributed by atoms with E-state index in [4.69, 9.17) is 9.47 Å². The fraction of sp³-hybridized carbons (Fsp3) is 0.692. The van der Waals surface area contributed by atoms with Gasteiger partial charge in [-0.05, 0) is 50.8 Å². The molecule has 0 bridgehead atoms. The molecule has 2 rings (SSSR count). The molecule has 6 heteroatoms. The molecule has 5 nitrogen and oxygen atoms in total. The number of hydrogen-bond donors (Lipinski definition) is 1. The van der Waals surface area contributed by atoms with Crippen LogP contribution in [0.1, 0.15) is 64.9 Å². The van der Waals surface area contributed by atoms with E-state index in [0.717, 1.165) is 17.8 Å². The van der Waals surface area contributed by atoms with E-state index in [1.807, 2.05) is 0 Å². The number of ether oxygens (including phenoxy) is 2. The molecule has 0 amide bonds. The molecular formula is C26H43NO4Si. The first-order chi connectivity index (χ1) is 15.5. The summed E-state index contributed by atoms with van der Waals surface area (Å²) in [5, 5.41) is 3.58. The summed E-state index contributed by atoms with van der Waals surface area (Å²) in [5.41, 5.74) is 2.24. The number of anilines is 1. The molecule has 1 fully saturated rings. The molecule has 0 aliphatic carbocycles. The van der Waals surface area contributed by atoms with Crippen LogP contribution in [0.25, 0.3) is 0 Å². The Balaban J connectivity index is 1.78. The maximum Gasteiger partial charge on any atom is 0.320 e. The largest absolute Gasteiger partial charge is 0.465 e. The molecule has 0 aromatic heterocycles. The second kappa shape index (κ2) is 14.4. The van der Waals surface area contributed by atoms with E-state index in [9.17, 15) is 9.59 Å². The van der Waals surface area contributed by atoms with Crippen LogP contribution in [-0.2, 0) is 25.5 Å². The number of nitrogens with one attached hydrogen (secondary N) is 1. The minimum absolute atomic E-state index is 0.261. The number of aryl methyl sites for hydroxylation is 1. The summed E-state index contributed by atoms with van der Waals surface area (Å²) in [5.74, 6) is -1.84. The SMILES string of the molecule is CCCC[Si]1(CCCNc2ccc(CCC(C(=O)OCC)C(=O)OCC)cc2)CCCC1. The summed E-state index contributed by atoms with van der Waals surface area (Å²) in [6.45, 7) is 7.36. The van der Waals surface area contributed by atoms with Crippen molar-refractivity contribution in [3.63, 3.8) is 0 Å². The molecule has 1 aromatic carbocycles. The summed E-state index contributed by atoms with van der Waals surface area (Å²) in [4.78, 5) is 24.3. The molecule has 1 saturated heterocycles. The molecule has 1 heterocycles. The maximum atomic E-state index is 12.1.